The number of oxime groups is 1. The van der Waals surface area contributed by atoms with Crippen molar-refractivity contribution in [1.29, 1.82) is 0 Å². The SMILES string of the molecule is C[n+]1ccn(CCCCCC(=O)O)c1/C=N/O. The van der Waals surface area contributed by atoms with Crippen molar-refractivity contribution in [3.8, 4) is 0 Å². The quantitative estimate of drug-likeness (QED) is 0.243. The van der Waals surface area contributed by atoms with Gasteiger partial charge in [0.15, 0.2) is 6.21 Å². The molecule has 0 aliphatic carbocycles. The molecule has 0 atom stereocenters. The molecule has 0 radical (unpaired) electrons. The Morgan fingerprint density at radius 3 is 2.94 bits per heavy atom. The summed E-state index contributed by atoms with van der Waals surface area (Å²) in [5, 5.41) is 20.1. The van der Waals surface area contributed by atoms with Gasteiger partial charge in [-0.3, -0.25) is 4.79 Å². The monoisotopic (exact) mass is 240 g/mol. The summed E-state index contributed by atoms with van der Waals surface area (Å²) in [5.41, 5.74) is 0. The van der Waals surface area contributed by atoms with Crippen molar-refractivity contribution in [2.24, 2.45) is 12.2 Å². The molecule has 1 aromatic rings. The molecule has 0 amide bonds. The van der Waals surface area contributed by atoms with Gasteiger partial charge in [-0.1, -0.05) is 5.16 Å². The zero-order chi connectivity index (χ0) is 12.7. The van der Waals surface area contributed by atoms with Crippen molar-refractivity contribution in [3.63, 3.8) is 0 Å². The Labute approximate surface area is 99.8 Å². The van der Waals surface area contributed by atoms with Crippen LogP contribution in [0.2, 0.25) is 0 Å². The van der Waals surface area contributed by atoms with E-state index in [1.54, 1.807) is 0 Å². The van der Waals surface area contributed by atoms with Gasteiger partial charge in [-0.25, -0.2) is 9.13 Å². The van der Waals surface area contributed by atoms with Crippen molar-refractivity contribution in [2.45, 2.75) is 32.2 Å². The highest BCUT2D eigenvalue weighted by atomic mass is 16.4. The highest BCUT2D eigenvalue weighted by Gasteiger charge is 2.11. The summed E-state index contributed by atoms with van der Waals surface area (Å²) in [5.74, 6) is 0.0659. The summed E-state index contributed by atoms with van der Waals surface area (Å²) < 4.78 is 3.83. The maximum absolute atomic E-state index is 10.3. The lowest BCUT2D eigenvalue weighted by Gasteiger charge is -1.99. The standard InChI is InChI=1S/C11H17N3O3/c1-13-7-8-14(10(13)9-12-17)6-4-2-3-5-11(15)16/h7-9H,2-6H2,1H3,(H,15,16)/p+1. The van der Waals surface area contributed by atoms with Crippen LogP contribution in [0, 0.1) is 0 Å². The number of aliphatic carboxylic acids is 1. The Morgan fingerprint density at radius 1 is 1.53 bits per heavy atom. The molecule has 0 unspecified atom stereocenters. The van der Waals surface area contributed by atoms with E-state index in [0.717, 1.165) is 25.2 Å². The third-order valence-corrected chi connectivity index (χ3v) is 2.59. The topological polar surface area (TPSA) is 78.7 Å². The second-order valence-electron chi connectivity index (χ2n) is 3.91. The molecule has 6 heteroatoms. The number of aromatic nitrogens is 2. The minimum absolute atomic E-state index is 0.227. The molecule has 0 saturated carbocycles. The van der Waals surface area contributed by atoms with Crippen LogP contribution in [0.5, 0.6) is 0 Å². The molecule has 1 heterocycles. The summed E-state index contributed by atoms with van der Waals surface area (Å²) in [7, 11) is 1.87. The maximum atomic E-state index is 10.3. The van der Waals surface area contributed by atoms with Crippen molar-refractivity contribution < 1.29 is 19.7 Å². The molecule has 1 aromatic heterocycles. The highest BCUT2D eigenvalue weighted by molar-refractivity contribution is 5.72. The molecule has 2 N–H and O–H groups in total. The van der Waals surface area contributed by atoms with Crippen molar-refractivity contribution in [3.05, 3.63) is 18.2 Å². The minimum Gasteiger partial charge on any atom is -0.481 e. The summed E-state index contributed by atoms with van der Waals surface area (Å²) in [4.78, 5) is 10.3. The number of imidazole rings is 1. The molecule has 0 spiro atoms. The first kappa shape index (κ1) is 13.2. The smallest absolute Gasteiger partial charge is 0.303 e. The van der Waals surface area contributed by atoms with Crippen LogP contribution in [0.4, 0.5) is 0 Å². The van der Waals surface area contributed by atoms with E-state index in [9.17, 15) is 4.79 Å². The van der Waals surface area contributed by atoms with Crippen LogP contribution in [0.15, 0.2) is 17.5 Å². The first-order chi connectivity index (χ1) is 8.15. The fraction of sp³-hybridized carbons (Fsp3) is 0.545. The number of rotatable bonds is 7. The average Bonchev–Trinajstić information content (AvgIpc) is 2.61. The molecular formula is C11H18N3O3+. The van der Waals surface area contributed by atoms with E-state index in [2.05, 4.69) is 5.16 Å². The molecule has 0 bridgehead atoms. The zero-order valence-electron chi connectivity index (χ0n) is 9.91. The van der Waals surface area contributed by atoms with E-state index in [1.165, 1.54) is 6.21 Å². The summed E-state index contributed by atoms with van der Waals surface area (Å²) >= 11 is 0. The van der Waals surface area contributed by atoms with Gasteiger partial charge in [-0.15, -0.1) is 0 Å². The van der Waals surface area contributed by atoms with Gasteiger partial charge in [-0.2, -0.15) is 0 Å². The fourth-order valence-electron chi connectivity index (χ4n) is 1.68. The number of aryl methyl sites for hydroxylation is 2. The Balaban J connectivity index is 2.39. The Bertz CT molecular complexity index is 399. The van der Waals surface area contributed by atoms with Crippen LogP contribution in [0.3, 0.4) is 0 Å². The van der Waals surface area contributed by atoms with Gasteiger partial charge in [0.1, 0.15) is 12.4 Å². The number of hydrogen-bond acceptors (Lipinski definition) is 3. The molecule has 1 rings (SSSR count). The second kappa shape index (κ2) is 6.67. The van der Waals surface area contributed by atoms with Crippen molar-refractivity contribution in [1.82, 2.24) is 4.57 Å². The van der Waals surface area contributed by atoms with E-state index in [-0.39, 0.29) is 6.42 Å². The first-order valence-corrected chi connectivity index (χ1v) is 5.59. The zero-order valence-corrected chi connectivity index (χ0v) is 9.91. The molecular weight excluding hydrogens is 222 g/mol. The molecule has 0 aromatic carbocycles. The van der Waals surface area contributed by atoms with Gasteiger partial charge in [0.2, 0.25) is 0 Å². The first-order valence-electron chi connectivity index (χ1n) is 5.59. The van der Waals surface area contributed by atoms with Gasteiger partial charge >= 0.3 is 11.8 Å². The summed E-state index contributed by atoms with van der Waals surface area (Å²) in [6.07, 6.45) is 7.90. The molecule has 17 heavy (non-hydrogen) atoms. The normalized spacial score (nSPS) is 11.1. The molecule has 0 fully saturated rings. The largest absolute Gasteiger partial charge is 0.481 e. The Kier molecular flexibility index (Phi) is 5.19. The van der Waals surface area contributed by atoms with Crippen LogP contribution in [-0.4, -0.2) is 27.1 Å². The van der Waals surface area contributed by atoms with Crippen LogP contribution >= 0.6 is 0 Å². The number of unbranched alkanes of at least 4 members (excludes halogenated alkanes) is 2. The second-order valence-corrected chi connectivity index (χ2v) is 3.91. The van der Waals surface area contributed by atoms with E-state index in [1.807, 2.05) is 28.6 Å². The lowest BCUT2D eigenvalue weighted by atomic mass is 10.2. The molecule has 6 nitrogen and oxygen atoms in total. The molecule has 0 aliphatic heterocycles. The van der Waals surface area contributed by atoms with Crippen molar-refractivity contribution >= 4 is 12.2 Å². The van der Waals surface area contributed by atoms with Gasteiger partial charge in [-0.05, 0) is 19.3 Å². The third kappa shape index (κ3) is 4.26. The molecule has 0 saturated heterocycles. The van der Waals surface area contributed by atoms with Gasteiger partial charge < -0.3 is 10.3 Å². The number of hydrogen-bond donors (Lipinski definition) is 2. The van der Waals surface area contributed by atoms with Crippen LogP contribution in [0.1, 0.15) is 31.5 Å². The number of carboxylic acid groups (broad SMARTS) is 1. The van der Waals surface area contributed by atoms with Crippen LogP contribution in [0.25, 0.3) is 0 Å². The molecule has 0 aliphatic rings. The highest BCUT2D eigenvalue weighted by Crippen LogP contribution is 2.03. The number of carbonyl (C=O) groups is 1. The van der Waals surface area contributed by atoms with Gasteiger partial charge in [0.25, 0.3) is 0 Å². The predicted molar refractivity (Wildman–Crippen MR) is 61.1 cm³/mol. The van der Waals surface area contributed by atoms with E-state index in [4.69, 9.17) is 10.3 Å². The van der Waals surface area contributed by atoms with E-state index >= 15 is 0 Å². The van der Waals surface area contributed by atoms with Crippen molar-refractivity contribution in [2.75, 3.05) is 0 Å². The molecule has 94 valence electrons. The Morgan fingerprint density at radius 2 is 2.29 bits per heavy atom. The number of nitrogens with zero attached hydrogens (tertiary/aromatic N) is 3. The third-order valence-electron chi connectivity index (χ3n) is 2.59. The average molecular weight is 240 g/mol. The van der Waals surface area contributed by atoms with Gasteiger partial charge in [0, 0.05) is 6.42 Å². The lowest BCUT2D eigenvalue weighted by molar-refractivity contribution is -0.671. The maximum Gasteiger partial charge on any atom is 0.303 e. The minimum atomic E-state index is -0.745. The van der Waals surface area contributed by atoms with Gasteiger partial charge in [0.05, 0.1) is 13.6 Å². The van der Waals surface area contributed by atoms with Crippen LogP contribution in [-0.2, 0) is 18.4 Å². The fourth-order valence-corrected chi connectivity index (χ4v) is 1.68. The van der Waals surface area contributed by atoms with E-state index in [0.29, 0.717) is 6.42 Å². The Hall–Kier alpha value is -1.85. The van der Waals surface area contributed by atoms with E-state index < -0.39 is 5.97 Å². The lowest BCUT2D eigenvalue weighted by Crippen LogP contribution is -2.32. The predicted octanol–water partition coefficient (Wildman–Crippen LogP) is 0.766. The van der Waals surface area contributed by atoms with Crippen LogP contribution < -0.4 is 4.57 Å². The summed E-state index contributed by atoms with van der Waals surface area (Å²) in [6, 6.07) is 0. The summed E-state index contributed by atoms with van der Waals surface area (Å²) in [6.45, 7) is 0.793. The number of carboxylic acids is 1.